The number of aryl methyl sites for hydroxylation is 1. The van der Waals surface area contributed by atoms with Crippen LogP contribution in [0.25, 0.3) is 0 Å². The van der Waals surface area contributed by atoms with Crippen molar-refractivity contribution in [2.24, 2.45) is 5.92 Å². The van der Waals surface area contributed by atoms with Gasteiger partial charge in [-0.1, -0.05) is 24.3 Å². The number of halogens is 1. The fourth-order valence-corrected chi connectivity index (χ4v) is 4.12. The zero-order valence-electron chi connectivity index (χ0n) is 13.1. The molecule has 0 amide bonds. The second-order valence-electron chi connectivity index (χ2n) is 6.31. The normalized spacial score (nSPS) is 25.9. The van der Waals surface area contributed by atoms with Gasteiger partial charge in [0, 0.05) is 21.6 Å². The van der Waals surface area contributed by atoms with Crippen molar-refractivity contribution in [3.05, 3.63) is 58.1 Å². The van der Waals surface area contributed by atoms with Crippen molar-refractivity contribution < 1.29 is 9.47 Å². The van der Waals surface area contributed by atoms with Gasteiger partial charge in [0.15, 0.2) is 0 Å². The van der Waals surface area contributed by atoms with Crippen LogP contribution in [0.3, 0.4) is 0 Å². The van der Waals surface area contributed by atoms with Crippen molar-refractivity contribution in [3.8, 4) is 5.75 Å². The lowest BCUT2D eigenvalue weighted by atomic mass is 9.84. The van der Waals surface area contributed by atoms with Gasteiger partial charge in [-0.25, -0.2) is 0 Å². The van der Waals surface area contributed by atoms with Crippen molar-refractivity contribution in [2.75, 3.05) is 11.9 Å². The highest BCUT2D eigenvalue weighted by Gasteiger charge is 2.40. The Kier molecular flexibility index (Phi) is 4.04. The number of hydrogen-bond acceptors (Lipinski definition) is 3. The lowest BCUT2D eigenvalue weighted by molar-refractivity contribution is -0.154. The van der Waals surface area contributed by atoms with Crippen molar-refractivity contribution in [1.82, 2.24) is 0 Å². The van der Waals surface area contributed by atoms with Crippen LogP contribution in [0, 0.1) is 12.8 Å². The molecule has 2 aliphatic heterocycles. The van der Waals surface area contributed by atoms with Gasteiger partial charge >= 0.3 is 0 Å². The van der Waals surface area contributed by atoms with E-state index in [-0.39, 0.29) is 12.3 Å². The first kappa shape index (κ1) is 15.0. The molecule has 3 atom stereocenters. The van der Waals surface area contributed by atoms with Gasteiger partial charge in [-0.3, -0.25) is 0 Å². The van der Waals surface area contributed by atoms with Crippen LogP contribution in [0.1, 0.15) is 30.0 Å². The molecule has 2 aliphatic rings. The molecule has 23 heavy (non-hydrogen) atoms. The number of para-hydroxylation sites is 1. The van der Waals surface area contributed by atoms with E-state index in [0.717, 1.165) is 35.4 Å². The fourth-order valence-electron chi connectivity index (χ4n) is 3.51. The third kappa shape index (κ3) is 2.86. The maximum atomic E-state index is 6.08. The smallest absolute Gasteiger partial charge is 0.204 e. The number of anilines is 1. The molecule has 0 unspecified atom stereocenters. The van der Waals surface area contributed by atoms with E-state index in [4.69, 9.17) is 9.47 Å². The summed E-state index contributed by atoms with van der Waals surface area (Å²) in [6, 6.07) is 14.9. The lowest BCUT2D eigenvalue weighted by Crippen LogP contribution is -2.43. The molecule has 0 aliphatic carbocycles. The quantitative estimate of drug-likeness (QED) is 0.798. The Morgan fingerprint density at radius 3 is 2.91 bits per heavy atom. The molecular weight excluding hydrogens is 354 g/mol. The molecule has 4 heteroatoms. The average Bonchev–Trinajstić information content (AvgIpc) is 2.56. The summed E-state index contributed by atoms with van der Waals surface area (Å²) in [6.45, 7) is 2.88. The molecule has 120 valence electrons. The van der Waals surface area contributed by atoms with Gasteiger partial charge in [0.2, 0.25) is 6.29 Å². The SMILES string of the molecule is Cc1ccc(N[C@H]2c3ccccc3O[C@@H]3OCCC[C@@H]32)c(Br)c1. The van der Waals surface area contributed by atoms with Crippen LogP contribution in [0.15, 0.2) is 46.9 Å². The lowest BCUT2D eigenvalue weighted by Gasteiger charge is -2.42. The molecule has 2 aromatic carbocycles. The summed E-state index contributed by atoms with van der Waals surface area (Å²) < 4.78 is 13.1. The van der Waals surface area contributed by atoms with Gasteiger partial charge < -0.3 is 14.8 Å². The monoisotopic (exact) mass is 373 g/mol. The number of rotatable bonds is 2. The molecule has 0 saturated carbocycles. The van der Waals surface area contributed by atoms with Gasteiger partial charge in [0.1, 0.15) is 5.75 Å². The Hall–Kier alpha value is -1.52. The minimum atomic E-state index is -0.152. The molecule has 2 heterocycles. The number of fused-ring (bicyclic) bond motifs is 2. The third-order valence-electron chi connectivity index (χ3n) is 4.67. The van der Waals surface area contributed by atoms with Crippen LogP contribution in [-0.2, 0) is 4.74 Å². The van der Waals surface area contributed by atoms with Crippen molar-refractivity contribution in [1.29, 1.82) is 0 Å². The molecule has 4 rings (SSSR count). The minimum absolute atomic E-state index is 0.152. The third-order valence-corrected chi connectivity index (χ3v) is 5.33. The Morgan fingerprint density at radius 2 is 2.04 bits per heavy atom. The largest absolute Gasteiger partial charge is 0.464 e. The topological polar surface area (TPSA) is 30.5 Å². The molecule has 1 N–H and O–H groups in total. The van der Waals surface area contributed by atoms with Gasteiger partial charge in [-0.2, -0.15) is 0 Å². The first-order chi connectivity index (χ1) is 11.2. The molecule has 1 saturated heterocycles. The zero-order chi connectivity index (χ0) is 15.8. The zero-order valence-corrected chi connectivity index (χ0v) is 14.7. The number of benzene rings is 2. The van der Waals surface area contributed by atoms with Gasteiger partial charge in [-0.05, 0) is 59.5 Å². The highest BCUT2D eigenvalue weighted by atomic mass is 79.9. The summed E-state index contributed by atoms with van der Waals surface area (Å²) in [6.07, 6.45) is 2.04. The number of ether oxygens (including phenoxy) is 2. The fraction of sp³-hybridized carbons (Fsp3) is 0.368. The van der Waals surface area contributed by atoms with Crippen LogP contribution in [0.5, 0.6) is 5.75 Å². The Bertz CT molecular complexity index is 718. The molecule has 1 fully saturated rings. The molecule has 0 spiro atoms. The van der Waals surface area contributed by atoms with Gasteiger partial charge in [-0.15, -0.1) is 0 Å². The van der Waals surface area contributed by atoms with E-state index in [1.807, 2.05) is 12.1 Å². The van der Waals surface area contributed by atoms with E-state index in [2.05, 4.69) is 58.5 Å². The molecule has 2 aromatic rings. The highest BCUT2D eigenvalue weighted by molar-refractivity contribution is 9.10. The van der Waals surface area contributed by atoms with Crippen LogP contribution >= 0.6 is 15.9 Å². The average molecular weight is 374 g/mol. The summed E-state index contributed by atoms with van der Waals surface area (Å²) in [4.78, 5) is 0. The second kappa shape index (κ2) is 6.17. The van der Waals surface area contributed by atoms with E-state index < -0.39 is 0 Å². The highest BCUT2D eigenvalue weighted by Crippen LogP contribution is 2.44. The standard InChI is InChI=1S/C19H20BrNO2/c1-12-8-9-16(15(20)11-12)21-18-13-5-2-3-7-17(13)23-19-14(18)6-4-10-22-19/h2-3,5,7-9,11,14,18-19,21H,4,6,10H2,1H3/t14-,18+,19+/m1/s1. The van der Waals surface area contributed by atoms with Crippen LogP contribution in [0.2, 0.25) is 0 Å². The number of nitrogens with one attached hydrogen (secondary N) is 1. The maximum Gasteiger partial charge on any atom is 0.204 e. The van der Waals surface area contributed by atoms with Crippen molar-refractivity contribution in [2.45, 2.75) is 32.1 Å². The summed E-state index contributed by atoms with van der Waals surface area (Å²) in [5, 5.41) is 3.72. The van der Waals surface area contributed by atoms with Crippen LogP contribution in [0.4, 0.5) is 5.69 Å². The van der Waals surface area contributed by atoms with E-state index in [0.29, 0.717) is 5.92 Å². The summed E-state index contributed by atoms with van der Waals surface area (Å²) in [7, 11) is 0. The van der Waals surface area contributed by atoms with E-state index in [1.54, 1.807) is 0 Å². The van der Waals surface area contributed by atoms with Crippen LogP contribution in [-0.4, -0.2) is 12.9 Å². The molecule has 0 radical (unpaired) electrons. The van der Waals surface area contributed by atoms with Gasteiger partial charge in [0.25, 0.3) is 0 Å². The van der Waals surface area contributed by atoms with E-state index in [9.17, 15) is 0 Å². The molecule has 3 nitrogen and oxygen atoms in total. The molecule has 0 aromatic heterocycles. The predicted molar refractivity (Wildman–Crippen MR) is 94.8 cm³/mol. The summed E-state index contributed by atoms with van der Waals surface area (Å²) in [5.74, 6) is 1.25. The molecular formula is C19H20BrNO2. The summed E-state index contributed by atoms with van der Waals surface area (Å²) in [5.41, 5.74) is 3.57. The van der Waals surface area contributed by atoms with Gasteiger partial charge in [0.05, 0.1) is 12.6 Å². The van der Waals surface area contributed by atoms with Crippen molar-refractivity contribution >= 4 is 21.6 Å². The minimum Gasteiger partial charge on any atom is -0.464 e. The second-order valence-corrected chi connectivity index (χ2v) is 7.16. The number of hydrogen-bond donors (Lipinski definition) is 1. The van der Waals surface area contributed by atoms with E-state index >= 15 is 0 Å². The Morgan fingerprint density at radius 1 is 1.17 bits per heavy atom. The Balaban J connectivity index is 1.71. The van der Waals surface area contributed by atoms with Crippen molar-refractivity contribution in [3.63, 3.8) is 0 Å². The summed E-state index contributed by atoms with van der Waals surface area (Å²) >= 11 is 3.68. The van der Waals surface area contributed by atoms with E-state index in [1.165, 1.54) is 11.1 Å². The van der Waals surface area contributed by atoms with Crippen LogP contribution < -0.4 is 10.1 Å². The maximum absolute atomic E-state index is 6.08. The first-order valence-corrected chi connectivity index (χ1v) is 8.91. The Labute approximate surface area is 145 Å². The predicted octanol–water partition coefficient (Wildman–Crippen LogP) is 5.06. The molecule has 0 bridgehead atoms. The first-order valence-electron chi connectivity index (χ1n) is 8.12.